The number of carbonyl (C=O) groups is 1. The number of piperidine rings is 1. The highest BCUT2D eigenvalue weighted by Gasteiger charge is 2.23. The number of amides is 1. The summed E-state index contributed by atoms with van der Waals surface area (Å²) < 4.78 is 5.71. The molecule has 5 heteroatoms. The van der Waals surface area contributed by atoms with E-state index in [2.05, 4.69) is 11.9 Å². The SMILES string of the molecule is CC(C)Oc1cc(N(C=O)C2CCN(C)CC2)ccc1N. The first-order valence-corrected chi connectivity index (χ1v) is 7.49. The molecular formula is C16H25N3O2. The molecule has 1 aromatic carbocycles. The lowest BCUT2D eigenvalue weighted by molar-refractivity contribution is -0.108. The monoisotopic (exact) mass is 291 g/mol. The number of ether oxygens (including phenoxy) is 1. The van der Waals surface area contributed by atoms with Crippen molar-refractivity contribution in [2.45, 2.75) is 38.8 Å². The van der Waals surface area contributed by atoms with Gasteiger partial charge in [-0.2, -0.15) is 0 Å². The normalized spacial score (nSPS) is 17.0. The summed E-state index contributed by atoms with van der Waals surface area (Å²) in [5.41, 5.74) is 7.39. The summed E-state index contributed by atoms with van der Waals surface area (Å²) in [6.45, 7) is 5.94. The lowest BCUT2D eigenvalue weighted by Gasteiger charge is -2.35. The van der Waals surface area contributed by atoms with Gasteiger partial charge in [-0.1, -0.05) is 0 Å². The first-order chi connectivity index (χ1) is 10.0. The van der Waals surface area contributed by atoms with E-state index in [1.165, 1.54) is 0 Å². The summed E-state index contributed by atoms with van der Waals surface area (Å²) in [5.74, 6) is 0.641. The molecule has 1 aliphatic heterocycles. The zero-order valence-electron chi connectivity index (χ0n) is 13.1. The molecule has 5 nitrogen and oxygen atoms in total. The van der Waals surface area contributed by atoms with Crippen LogP contribution in [0.5, 0.6) is 5.75 Å². The molecule has 0 spiro atoms. The van der Waals surface area contributed by atoms with Crippen LogP contribution in [0, 0.1) is 0 Å². The predicted octanol–water partition coefficient (Wildman–Crippen LogP) is 2.11. The second-order valence-electron chi connectivity index (χ2n) is 5.94. The smallest absolute Gasteiger partial charge is 0.214 e. The minimum Gasteiger partial charge on any atom is -0.489 e. The highest BCUT2D eigenvalue weighted by atomic mass is 16.5. The van der Waals surface area contributed by atoms with Gasteiger partial charge in [-0.25, -0.2) is 0 Å². The van der Waals surface area contributed by atoms with Gasteiger partial charge in [-0.15, -0.1) is 0 Å². The van der Waals surface area contributed by atoms with Gasteiger partial charge in [0.25, 0.3) is 0 Å². The number of carbonyl (C=O) groups excluding carboxylic acids is 1. The van der Waals surface area contributed by atoms with Crippen molar-refractivity contribution < 1.29 is 9.53 Å². The van der Waals surface area contributed by atoms with Crippen LogP contribution < -0.4 is 15.4 Å². The number of benzene rings is 1. The second-order valence-corrected chi connectivity index (χ2v) is 5.94. The Labute approximate surface area is 126 Å². The van der Waals surface area contributed by atoms with E-state index in [-0.39, 0.29) is 12.1 Å². The molecule has 21 heavy (non-hydrogen) atoms. The first-order valence-electron chi connectivity index (χ1n) is 7.49. The first kappa shape index (κ1) is 15.6. The van der Waals surface area contributed by atoms with E-state index in [9.17, 15) is 4.79 Å². The van der Waals surface area contributed by atoms with Crippen LogP contribution in [0.3, 0.4) is 0 Å². The molecule has 116 valence electrons. The van der Waals surface area contributed by atoms with E-state index in [1.807, 2.05) is 26.0 Å². The Morgan fingerprint density at radius 3 is 2.62 bits per heavy atom. The minimum atomic E-state index is 0.0514. The number of nitrogen functional groups attached to an aromatic ring is 1. The number of anilines is 2. The van der Waals surface area contributed by atoms with Crippen LogP contribution >= 0.6 is 0 Å². The molecule has 1 heterocycles. The van der Waals surface area contributed by atoms with Crippen LogP contribution in [0.4, 0.5) is 11.4 Å². The molecule has 1 aromatic rings. The zero-order chi connectivity index (χ0) is 15.4. The fourth-order valence-corrected chi connectivity index (χ4v) is 2.67. The van der Waals surface area contributed by atoms with Crippen LogP contribution in [0.25, 0.3) is 0 Å². The lowest BCUT2D eigenvalue weighted by Crippen LogP contribution is -2.43. The standard InChI is InChI=1S/C16H25N3O2/c1-12(2)21-16-10-14(4-5-15(16)17)19(11-20)13-6-8-18(3)9-7-13/h4-5,10-13H,6-9,17H2,1-3H3. The quantitative estimate of drug-likeness (QED) is 0.667. The van der Waals surface area contributed by atoms with Gasteiger partial charge >= 0.3 is 0 Å². The van der Waals surface area contributed by atoms with Crippen molar-refractivity contribution in [2.24, 2.45) is 0 Å². The van der Waals surface area contributed by atoms with Crippen LogP contribution in [-0.4, -0.2) is 43.6 Å². The Kier molecular flexibility index (Phi) is 5.07. The van der Waals surface area contributed by atoms with Gasteiger partial charge in [0.05, 0.1) is 11.8 Å². The van der Waals surface area contributed by atoms with E-state index >= 15 is 0 Å². The number of hydrogen-bond acceptors (Lipinski definition) is 4. The Morgan fingerprint density at radius 2 is 2.05 bits per heavy atom. The lowest BCUT2D eigenvalue weighted by atomic mass is 10.0. The predicted molar refractivity (Wildman–Crippen MR) is 85.7 cm³/mol. The van der Waals surface area contributed by atoms with Crippen LogP contribution in [0.1, 0.15) is 26.7 Å². The highest BCUT2D eigenvalue weighted by Crippen LogP contribution is 2.30. The van der Waals surface area contributed by atoms with E-state index in [0.717, 1.165) is 38.0 Å². The third-order valence-corrected chi connectivity index (χ3v) is 3.85. The summed E-state index contributed by atoms with van der Waals surface area (Å²) in [7, 11) is 2.11. The van der Waals surface area contributed by atoms with Gasteiger partial charge < -0.3 is 20.3 Å². The van der Waals surface area contributed by atoms with E-state index in [1.54, 1.807) is 11.0 Å². The molecule has 0 aromatic heterocycles. The molecular weight excluding hydrogens is 266 g/mol. The summed E-state index contributed by atoms with van der Waals surface area (Å²) in [6, 6.07) is 5.80. The fourth-order valence-electron chi connectivity index (χ4n) is 2.67. The molecule has 0 radical (unpaired) electrons. The van der Waals surface area contributed by atoms with Crippen molar-refractivity contribution in [3.05, 3.63) is 18.2 Å². The molecule has 0 bridgehead atoms. The molecule has 0 unspecified atom stereocenters. The Hall–Kier alpha value is -1.75. The second kappa shape index (κ2) is 6.80. The van der Waals surface area contributed by atoms with Crippen LogP contribution in [0.2, 0.25) is 0 Å². The Morgan fingerprint density at radius 1 is 1.38 bits per heavy atom. The average molecular weight is 291 g/mol. The number of likely N-dealkylation sites (tertiary alicyclic amines) is 1. The van der Waals surface area contributed by atoms with Crippen molar-refractivity contribution >= 4 is 17.8 Å². The van der Waals surface area contributed by atoms with Crippen molar-refractivity contribution in [2.75, 3.05) is 30.8 Å². The fraction of sp³-hybridized carbons (Fsp3) is 0.562. The van der Waals surface area contributed by atoms with Crippen molar-refractivity contribution in [1.82, 2.24) is 4.90 Å². The average Bonchev–Trinajstić information content (AvgIpc) is 2.44. The molecule has 0 aliphatic carbocycles. The van der Waals surface area contributed by atoms with Crippen LogP contribution in [-0.2, 0) is 4.79 Å². The molecule has 0 atom stereocenters. The van der Waals surface area contributed by atoms with Crippen molar-refractivity contribution in [1.29, 1.82) is 0 Å². The Balaban J connectivity index is 2.19. The molecule has 2 N–H and O–H groups in total. The summed E-state index contributed by atoms with van der Waals surface area (Å²) in [5, 5.41) is 0. The molecule has 1 fully saturated rings. The number of rotatable bonds is 5. The molecule has 2 rings (SSSR count). The van der Waals surface area contributed by atoms with Gasteiger partial charge in [0.1, 0.15) is 5.75 Å². The maximum absolute atomic E-state index is 11.5. The molecule has 1 saturated heterocycles. The van der Waals surface area contributed by atoms with Crippen molar-refractivity contribution in [3.63, 3.8) is 0 Å². The molecule has 1 amide bonds. The third kappa shape index (κ3) is 3.88. The number of hydrogen-bond donors (Lipinski definition) is 1. The summed E-state index contributed by atoms with van der Waals surface area (Å²) in [4.78, 5) is 15.6. The van der Waals surface area contributed by atoms with Gasteiger partial charge in [0, 0.05) is 17.8 Å². The Bertz CT molecular complexity index is 482. The number of nitrogens with zero attached hydrogens (tertiary/aromatic N) is 2. The molecule has 0 saturated carbocycles. The summed E-state index contributed by atoms with van der Waals surface area (Å²) in [6.07, 6.45) is 2.94. The third-order valence-electron chi connectivity index (χ3n) is 3.85. The molecule has 1 aliphatic rings. The van der Waals surface area contributed by atoms with E-state index < -0.39 is 0 Å². The summed E-state index contributed by atoms with van der Waals surface area (Å²) >= 11 is 0. The van der Waals surface area contributed by atoms with Gasteiger partial charge in [0.15, 0.2) is 0 Å². The number of nitrogens with two attached hydrogens (primary N) is 1. The minimum absolute atomic E-state index is 0.0514. The highest BCUT2D eigenvalue weighted by molar-refractivity contribution is 5.78. The largest absolute Gasteiger partial charge is 0.489 e. The van der Waals surface area contributed by atoms with Crippen LogP contribution in [0.15, 0.2) is 18.2 Å². The zero-order valence-corrected chi connectivity index (χ0v) is 13.1. The topological polar surface area (TPSA) is 58.8 Å². The van der Waals surface area contributed by atoms with Gasteiger partial charge in [-0.3, -0.25) is 4.79 Å². The van der Waals surface area contributed by atoms with Crippen molar-refractivity contribution in [3.8, 4) is 5.75 Å². The van der Waals surface area contributed by atoms with Gasteiger partial charge in [-0.05, 0) is 59.0 Å². The van der Waals surface area contributed by atoms with E-state index in [0.29, 0.717) is 11.4 Å². The van der Waals surface area contributed by atoms with Gasteiger partial charge in [0.2, 0.25) is 6.41 Å². The maximum atomic E-state index is 11.5. The van der Waals surface area contributed by atoms with E-state index in [4.69, 9.17) is 10.5 Å². The maximum Gasteiger partial charge on any atom is 0.214 e.